The molecule has 2 aromatic rings. The minimum atomic E-state index is 0.150. The highest BCUT2D eigenvalue weighted by molar-refractivity contribution is 5.41. The Bertz CT molecular complexity index is 614. The van der Waals surface area contributed by atoms with Crippen LogP contribution in [0.25, 0.3) is 0 Å². The van der Waals surface area contributed by atoms with Crippen LogP contribution in [0.2, 0.25) is 0 Å². The lowest BCUT2D eigenvalue weighted by atomic mass is 10.1. The second kappa shape index (κ2) is 8.65. The Labute approximate surface area is 138 Å². The molecule has 0 aliphatic heterocycles. The minimum Gasteiger partial charge on any atom is -0.496 e. The number of methoxy groups -OCH3 is 1. The summed E-state index contributed by atoms with van der Waals surface area (Å²) in [6, 6.07) is 10.4. The van der Waals surface area contributed by atoms with Crippen molar-refractivity contribution in [3.8, 4) is 5.75 Å². The van der Waals surface area contributed by atoms with E-state index in [1.54, 1.807) is 7.11 Å². The fourth-order valence-electron chi connectivity index (χ4n) is 2.79. The van der Waals surface area contributed by atoms with Gasteiger partial charge >= 0.3 is 0 Å². The number of pyridine rings is 1. The van der Waals surface area contributed by atoms with Crippen LogP contribution in [0.4, 0.5) is 0 Å². The van der Waals surface area contributed by atoms with Crippen molar-refractivity contribution in [1.29, 1.82) is 0 Å². The third-order valence-electron chi connectivity index (χ3n) is 4.10. The predicted octanol–water partition coefficient (Wildman–Crippen LogP) is 2.74. The molecule has 0 unspecified atom stereocenters. The van der Waals surface area contributed by atoms with Gasteiger partial charge in [0.1, 0.15) is 5.75 Å². The Hall–Kier alpha value is -1.91. The molecule has 2 rings (SSSR count). The van der Waals surface area contributed by atoms with Gasteiger partial charge in [-0.2, -0.15) is 0 Å². The quantitative estimate of drug-likeness (QED) is 0.814. The molecule has 0 saturated heterocycles. The number of ether oxygens (including phenoxy) is 1. The molecule has 0 aliphatic carbocycles. The van der Waals surface area contributed by atoms with Crippen LogP contribution in [0, 0.1) is 13.8 Å². The number of nitrogens with zero attached hydrogens (tertiary/aromatic N) is 2. The zero-order chi connectivity index (χ0) is 16.7. The SMILES string of the molecule is COc1c(C)cnc(CN(CCO)CCc2ccccc2)c1C. The lowest BCUT2D eigenvalue weighted by Gasteiger charge is -2.22. The highest BCUT2D eigenvalue weighted by Crippen LogP contribution is 2.24. The van der Waals surface area contributed by atoms with Crippen LogP contribution >= 0.6 is 0 Å². The predicted molar refractivity (Wildman–Crippen MR) is 92.8 cm³/mol. The van der Waals surface area contributed by atoms with Crippen molar-refractivity contribution in [3.05, 3.63) is 58.9 Å². The van der Waals surface area contributed by atoms with Gasteiger partial charge in [0.05, 0.1) is 19.4 Å². The molecule has 4 nitrogen and oxygen atoms in total. The summed E-state index contributed by atoms with van der Waals surface area (Å²) < 4.78 is 5.48. The normalized spacial score (nSPS) is 11.0. The largest absolute Gasteiger partial charge is 0.496 e. The zero-order valence-electron chi connectivity index (χ0n) is 14.2. The standard InChI is InChI=1S/C19H26N2O2/c1-15-13-20-18(16(2)19(15)23-3)14-21(11-12-22)10-9-17-7-5-4-6-8-17/h4-8,13,22H,9-12,14H2,1-3H3. The first-order valence-corrected chi connectivity index (χ1v) is 8.02. The molecule has 1 heterocycles. The Morgan fingerprint density at radius 3 is 2.52 bits per heavy atom. The third-order valence-corrected chi connectivity index (χ3v) is 4.10. The van der Waals surface area contributed by atoms with E-state index in [9.17, 15) is 5.11 Å². The lowest BCUT2D eigenvalue weighted by Crippen LogP contribution is -2.29. The van der Waals surface area contributed by atoms with E-state index >= 15 is 0 Å². The second-order valence-corrected chi connectivity index (χ2v) is 5.78. The maximum absolute atomic E-state index is 9.34. The van der Waals surface area contributed by atoms with Crippen molar-refractivity contribution in [2.45, 2.75) is 26.8 Å². The minimum absolute atomic E-state index is 0.150. The van der Waals surface area contributed by atoms with Crippen molar-refractivity contribution in [2.75, 3.05) is 26.8 Å². The number of rotatable bonds is 8. The fourth-order valence-corrected chi connectivity index (χ4v) is 2.79. The molecule has 0 spiro atoms. The molecular weight excluding hydrogens is 288 g/mol. The van der Waals surface area contributed by atoms with Crippen molar-refractivity contribution >= 4 is 0 Å². The van der Waals surface area contributed by atoms with Gasteiger partial charge in [-0.05, 0) is 25.8 Å². The molecule has 0 radical (unpaired) electrons. The van der Waals surface area contributed by atoms with Crippen LogP contribution in [0.5, 0.6) is 5.75 Å². The van der Waals surface area contributed by atoms with Gasteiger partial charge < -0.3 is 9.84 Å². The van der Waals surface area contributed by atoms with Crippen LogP contribution in [-0.4, -0.2) is 41.8 Å². The third kappa shape index (κ3) is 4.78. The van der Waals surface area contributed by atoms with Gasteiger partial charge in [-0.25, -0.2) is 0 Å². The van der Waals surface area contributed by atoms with Gasteiger partial charge in [-0.1, -0.05) is 30.3 Å². The maximum atomic E-state index is 9.34. The summed E-state index contributed by atoms with van der Waals surface area (Å²) in [6.45, 7) is 6.45. The summed E-state index contributed by atoms with van der Waals surface area (Å²) in [5, 5.41) is 9.34. The number of aryl methyl sites for hydroxylation is 1. The number of aliphatic hydroxyl groups is 1. The highest BCUT2D eigenvalue weighted by atomic mass is 16.5. The molecule has 124 valence electrons. The maximum Gasteiger partial charge on any atom is 0.128 e. The van der Waals surface area contributed by atoms with Gasteiger partial charge in [0.25, 0.3) is 0 Å². The van der Waals surface area contributed by atoms with Gasteiger partial charge in [0.2, 0.25) is 0 Å². The molecule has 4 heteroatoms. The van der Waals surface area contributed by atoms with Gasteiger partial charge in [0, 0.05) is 37.0 Å². The average molecular weight is 314 g/mol. The molecule has 0 aliphatic rings. The van der Waals surface area contributed by atoms with E-state index in [0.717, 1.165) is 42.1 Å². The van der Waals surface area contributed by atoms with Crippen molar-refractivity contribution in [1.82, 2.24) is 9.88 Å². The van der Waals surface area contributed by atoms with E-state index < -0.39 is 0 Å². The molecule has 1 aromatic carbocycles. The summed E-state index contributed by atoms with van der Waals surface area (Å²) >= 11 is 0. The summed E-state index contributed by atoms with van der Waals surface area (Å²) in [6.07, 6.45) is 2.82. The molecule has 0 atom stereocenters. The molecule has 1 N–H and O–H groups in total. The fraction of sp³-hybridized carbons (Fsp3) is 0.421. The van der Waals surface area contributed by atoms with Gasteiger partial charge in [-0.3, -0.25) is 9.88 Å². The first-order valence-electron chi connectivity index (χ1n) is 8.02. The average Bonchev–Trinajstić information content (AvgIpc) is 2.57. The zero-order valence-corrected chi connectivity index (χ0v) is 14.2. The van der Waals surface area contributed by atoms with Crippen LogP contribution in [0.3, 0.4) is 0 Å². The molecule has 23 heavy (non-hydrogen) atoms. The van der Waals surface area contributed by atoms with E-state index in [1.807, 2.05) is 26.1 Å². The highest BCUT2D eigenvalue weighted by Gasteiger charge is 2.13. The first kappa shape index (κ1) is 17.4. The van der Waals surface area contributed by atoms with Crippen LogP contribution in [-0.2, 0) is 13.0 Å². The second-order valence-electron chi connectivity index (χ2n) is 5.78. The summed E-state index contributed by atoms with van der Waals surface area (Å²) in [5.74, 6) is 0.905. The lowest BCUT2D eigenvalue weighted by molar-refractivity contribution is 0.190. The molecule has 0 amide bonds. The molecule has 0 bridgehead atoms. The molecule has 0 fully saturated rings. The van der Waals surface area contributed by atoms with Crippen LogP contribution in [0.1, 0.15) is 22.4 Å². The summed E-state index contributed by atoms with van der Waals surface area (Å²) in [4.78, 5) is 6.79. The van der Waals surface area contributed by atoms with E-state index in [-0.39, 0.29) is 6.61 Å². The molecule has 0 saturated carbocycles. The monoisotopic (exact) mass is 314 g/mol. The van der Waals surface area contributed by atoms with E-state index in [1.165, 1.54) is 5.56 Å². The summed E-state index contributed by atoms with van der Waals surface area (Å²) in [7, 11) is 1.69. The van der Waals surface area contributed by atoms with Gasteiger partial charge in [0.15, 0.2) is 0 Å². The topological polar surface area (TPSA) is 45.6 Å². The number of hydrogen-bond acceptors (Lipinski definition) is 4. The number of aromatic nitrogens is 1. The smallest absolute Gasteiger partial charge is 0.128 e. The summed E-state index contributed by atoms with van der Waals surface area (Å²) in [5.41, 5.74) is 4.44. The van der Waals surface area contributed by atoms with Crippen molar-refractivity contribution < 1.29 is 9.84 Å². The Morgan fingerprint density at radius 1 is 1.13 bits per heavy atom. The van der Waals surface area contributed by atoms with Crippen molar-refractivity contribution in [3.63, 3.8) is 0 Å². The Balaban J connectivity index is 2.07. The number of aliphatic hydroxyl groups excluding tert-OH is 1. The first-order chi connectivity index (χ1) is 11.2. The Kier molecular flexibility index (Phi) is 6.56. The molecule has 1 aromatic heterocycles. The number of benzene rings is 1. The molecular formula is C19H26N2O2. The number of hydrogen-bond donors (Lipinski definition) is 1. The Morgan fingerprint density at radius 2 is 1.87 bits per heavy atom. The van der Waals surface area contributed by atoms with Gasteiger partial charge in [-0.15, -0.1) is 0 Å². The van der Waals surface area contributed by atoms with E-state index in [4.69, 9.17) is 4.74 Å². The van der Waals surface area contributed by atoms with Crippen molar-refractivity contribution in [2.24, 2.45) is 0 Å². The van der Waals surface area contributed by atoms with Crippen LogP contribution < -0.4 is 4.74 Å². The van der Waals surface area contributed by atoms with E-state index in [0.29, 0.717) is 6.54 Å². The van der Waals surface area contributed by atoms with Crippen LogP contribution in [0.15, 0.2) is 36.5 Å². The van der Waals surface area contributed by atoms with E-state index in [2.05, 4.69) is 34.1 Å².